The van der Waals surface area contributed by atoms with Crippen LogP contribution in [0.15, 0.2) is 29.2 Å². The van der Waals surface area contributed by atoms with Crippen molar-refractivity contribution in [2.75, 3.05) is 26.9 Å². The minimum Gasteiger partial charge on any atom is -0.490 e. The molecule has 1 aromatic carbocycles. The second-order valence-electron chi connectivity index (χ2n) is 7.32. The van der Waals surface area contributed by atoms with Crippen molar-refractivity contribution in [3.8, 4) is 17.3 Å². The Morgan fingerprint density at radius 1 is 1.03 bits per heavy atom. The number of hydrogen-bond donors (Lipinski definition) is 1. The van der Waals surface area contributed by atoms with E-state index in [2.05, 4.69) is 10.3 Å². The summed E-state index contributed by atoms with van der Waals surface area (Å²) in [4.78, 5) is 39.5. The van der Waals surface area contributed by atoms with E-state index < -0.39 is 5.97 Å². The van der Waals surface area contributed by atoms with E-state index in [0.717, 1.165) is 0 Å². The fourth-order valence-electron chi connectivity index (χ4n) is 3.35. The number of nitrogens with one attached hydrogen (secondary N) is 1. The first-order valence-electron chi connectivity index (χ1n) is 10.4. The second-order valence-corrected chi connectivity index (χ2v) is 8.54. The predicted octanol–water partition coefficient (Wildman–Crippen LogP) is 4.11. The van der Waals surface area contributed by atoms with Gasteiger partial charge < -0.3 is 24.1 Å². The molecule has 0 atom stereocenters. The fourth-order valence-corrected chi connectivity index (χ4v) is 4.22. The molecule has 0 radical (unpaired) electrons. The van der Waals surface area contributed by atoms with Gasteiger partial charge >= 0.3 is 5.97 Å². The largest absolute Gasteiger partial charge is 0.490 e. The SMILES string of the molecule is CNC(=O)CCOc1ncc(Cl)c2c1c(=O)cc(C)n2-c1c(Cl)cc(OCCOC(C)=O)cc1Cl. The summed E-state index contributed by atoms with van der Waals surface area (Å²) >= 11 is 19.7. The summed E-state index contributed by atoms with van der Waals surface area (Å²) in [6.07, 6.45) is 1.43. The Hall–Kier alpha value is -3.01. The molecule has 1 N–H and O–H groups in total. The molecule has 0 saturated heterocycles. The zero-order chi connectivity index (χ0) is 25.7. The van der Waals surface area contributed by atoms with Gasteiger partial charge in [-0.2, -0.15) is 0 Å². The molecule has 35 heavy (non-hydrogen) atoms. The van der Waals surface area contributed by atoms with Crippen LogP contribution < -0.4 is 20.2 Å². The third-order valence-corrected chi connectivity index (χ3v) is 5.71. The van der Waals surface area contributed by atoms with Crippen molar-refractivity contribution in [1.29, 1.82) is 0 Å². The van der Waals surface area contributed by atoms with Crippen LogP contribution in [0.1, 0.15) is 19.0 Å². The predicted molar refractivity (Wildman–Crippen MR) is 133 cm³/mol. The maximum absolute atomic E-state index is 12.9. The first kappa shape index (κ1) is 26.6. The van der Waals surface area contributed by atoms with Crippen LogP contribution in [0.2, 0.25) is 15.1 Å². The lowest BCUT2D eigenvalue weighted by atomic mass is 10.2. The van der Waals surface area contributed by atoms with Crippen molar-refractivity contribution in [2.24, 2.45) is 0 Å². The molecule has 3 aromatic rings. The number of ether oxygens (including phenoxy) is 3. The third kappa shape index (κ3) is 6.17. The van der Waals surface area contributed by atoms with Crippen molar-refractivity contribution in [3.05, 3.63) is 55.4 Å². The summed E-state index contributed by atoms with van der Waals surface area (Å²) in [5, 5.41) is 3.24. The fraction of sp³-hybridized carbons (Fsp3) is 0.304. The molecular formula is C23H22Cl3N3O6. The average Bonchev–Trinajstić information content (AvgIpc) is 2.79. The van der Waals surface area contributed by atoms with E-state index in [1.54, 1.807) is 23.6 Å². The number of amides is 1. The van der Waals surface area contributed by atoms with Gasteiger partial charge in [0.05, 0.1) is 45.5 Å². The minimum atomic E-state index is -0.413. The monoisotopic (exact) mass is 541 g/mol. The van der Waals surface area contributed by atoms with Crippen LogP contribution in [0.25, 0.3) is 16.6 Å². The smallest absolute Gasteiger partial charge is 0.302 e. The molecule has 0 bridgehead atoms. The number of pyridine rings is 2. The number of nitrogens with zero attached hydrogens (tertiary/aromatic N) is 2. The number of rotatable bonds is 9. The van der Waals surface area contributed by atoms with Crippen molar-refractivity contribution < 1.29 is 23.8 Å². The first-order valence-corrected chi connectivity index (χ1v) is 11.6. The lowest BCUT2D eigenvalue weighted by molar-refractivity contribution is -0.141. The number of aryl methyl sites for hydroxylation is 1. The lowest BCUT2D eigenvalue weighted by Gasteiger charge is -2.20. The normalized spacial score (nSPS) is 10.8. The topological polar surface area (TPSA) is 109 Å². The highest BCUT2D eigenvalue weighted by Gasteiger charge is 2.21. The molecule has 9 nitrogen and oxygen atoms in total. The van der Waals surface area contributed by atoms with E-state index in [1.165, 1.54) is 26.2 Å². The van der Waals surface area contributed by atoms with Gasteiger partial charge in [0.25, 0.3) is 0 Å². The number of halogens is 3. The van der Waals surface area contributed by atoms with Gasteiger partial charge in [0.15, 0.2) is 5.43 Å². The van der Waals surface area contributed by atoms with Crippen molar-refractivity contribution in [2.45, 2.75) is 20.3 Å². The van der Waals surface area contributed by atoms with Crippen LogP contribution in [0.3, 0.4) is 0 Å². The van der Waals surface area contributed by atoms with E-state index in [0.29, 0.717) is 22.6 Å². The molecule has 2 heterocycles. The maximum Gasteiger partial charge on any atom is 0.302 e. The van der Waals surface area contributed by atoms with E-state index in [9.17, 15) is 14.4 Å². The van der Waals surface area contributed by atoms with Gasteiger partial charge in [-0.25, -0.2) is 4.98 Å². The number of fused-ring (bicyclic) bond motifs is 1. The van der Waals surface area contributed by atoms with Gasteiger partial charge in [-0.15, -0.1) is 0 Å². The van der Waals surface area contributed by atoms with Gasteiger partial charge in [-0.1, -0.05) is 34.8 Å². The summed E-state index contributed by atoms with van der Waals surface area (Å²) in [5.74, 6) is -0.233. The Bertz CT molecular complexity index is 1320. The Balaban J connectivity index is 2.07. The van der Waals surface area contributed by atoms with Crippen LogP contribution in [-0.4, -0.2) is 48.3 Å². The number of carbonyl (C=O) groups excluding carboxylic acids is 2. The third-order valence-electron chi connectivity index (χ3n) is 4.85. The summed E-state index contributed by atoms with van der Waals surface area (Å²) in [7, 11) is 1.52. The van der Waals surface area contributed by atoms with E-state index in [-0.39, 0.29) is 63.9 Å². The van der Waals surface area contributed by atoms with Gasteiger partial charge in [0, 0.05) is 37.9 Å². The summed E-state index contributed by atoms with van der Waals surface area (Å²) in [6, 6.07) is 4.49. The molecule has 2 aromatic heterocycles. The van der Waals surface area contributed by atoms with Gasteiger partial charge in [0.1, 0.15) is 24.3 Å². The molecule has 186 valence electrons. The van der Waals surface area contributed by atoms with E-state index in [1.807, 2.05) is 0 Å². The Morgan fingerprint density at radius 2 is 1.71 bits per heavy atom. The molecule has 12 heteroatoms. The summed E-state index contributed by atoms with van der Waals surface area (Å²) in [6.45, 7) is 3.21. The number of carbonyl (C=O) groups is 2. The highest BCUT2D eigenvalue weighted by molar-refractivity contribution is 6.39. The van der Waals surface area contributed by atoms with Crippen LogP contribution in [0.5, 0.6) is 11.6 Å². The molecule has 0 unspecified atom stereocenters. The molecular weight excluding hydrogens is 521 g/mol. The standard InChI is InChI=1S/C23H22Cl3N3O6/c1-12-8-18(31)20-22(17(26)11-28-23(20)35-5-4-19(32)27-3)29(12)21-15(24)9-14(10-16(21)25)34-7-6-33-13(2)30/h8-11H,4-7H2,1-3H3,(H,27,32). The second kappa shape index (κ2) is 11.6. The van der Waals surface area contributed by atoms with E-state index in [4.69, 9.17) is 49.0 Å². The lowest BCUT2D eigenvalue weighted by Crippen LogP contribution is -2.20. The zero-order valence-corrected chi connectivity index (χ0v) is 21.4. The number of benzene rings is 1. The van der Waals surface area contributed by atoms with Crippen LogP contribution in [0.4, 0.5) is 0 Å². The van der Waals surface area contributed by atoms with Crippen LogP contribution >= 0.6 is 34.8 Å². The van der Waals surface area contributed by atoms with Gasteiger partial charge in [0.2, 0.25) is 11.8 Å². The quantitative estimate of drug-likeness (QED) is 0.320. The van der Waals surface area contributed by atoms with Gasteiger partial charge in [-0.05, 0) is 6.92 Å². The molecule has 1 amide bonds. The number of aromatic nitrogens is 2. The van der Waals surface area contributed by atoms with Crippen molar-refractivity contribution >= 4 is 57.6 Å². The molecule has 0 aliphatic heterocycles. The zero-order valence-electron chi connectivity index (χ0n) is 19.1. The minimum absolute atomic E-state index is 0.0115. The molecule has 0 fully saturated rings. The van der Waals surface area contributed by atoms with Crippen LogP contribution in [0, 0.1) is 6.92 Å². The Kier molecular flexibility index (Phi) is 8.82. The van der Waals surface area contributed by atoms with E-state index >= 15 is 0 Å². The van der Waals surface area contributed by atoms with Crippen molar-refractivity contribution in [3.63, 3.8) is 0 Å². The molecule has 0 saturated carbocycles. The maximum atomic E-state index is 12.9. The number of esters is 1. The Labute approximate surface area is 215 Å². The number of hydrogen-bond acceptors (Lipinski definition) is 7. The van der Waals surface area contributed by atoms with Crippen molar-refractivity contribution in [1.82, 2.24) is 14.9 Å². The first-order chi connectivity index (χ1) is 16.6. The summed E-state index contributed by atoms with van der Waals surface area (Å²) < 4.78 is 17.7. The molecule has 0 aliphatic carbocycles. The van der Waals surface area contributed by atoms with Gasteiger partial charge in [-0.3, -0.25) is 14.4 Å². The van der Waals surface area contributed by atoms with Crippen LogP contribution in [-0.2, 0) is 14.3 Å². The average molecular weight is 543 g/mol. The highest BCUT2D eigenvalue weighted by Crippen LogP contribution is 2.38. The highest BCUT2D eigenvalue weighted by atomic mass is 35.5. The molecule has 3 rings (SSSR count). The molecule has 0 spiro atoms. The summed E-state index contributed by atoms with van der Waals surface area (Å²) in [5.41, 5.74) is 0.817. The Morgan fingerprint density at radius 3 is 2.34 bits per heavy atom. The molecule has 0 aliphatic rings.